The van der Waals surface area contributed by atoms with E-state index in [1.807, 2.05) is 6.92 Å². The fourth-order valence-electron chi connectivity index (χ4n) is 1.28. The number of hydrogen-bond acceptors (Lipinski definition) is 4. The molecule has 0 aromatic carbocycles. The summed E-state index contributed by atoms with van der Waals surface area (Å²) < 4.78 is 5.43. The van der Waals surface area contributed by atoms with E-state index in [1.54, 1.807) is 12.3 Å². The van der Waals surface area contributed by atoms with Crippen molar-refractivity contribution in [2.24, 2.45) is 5.92 Å². The zero-order chi connectivity index (χ0) is 12.0. The molecule has 0 aliphatic carbocycles. The molecule has 0 amide bonds. The first-order valence-electron chi connectivity index (χ1n) is 5.46. The normalized spacial score (nSPS) is 12.8. The second kappa shape index (κ2) is 6.66. The van der Waals surface area contributed by atoms with Gasteiger partial charge in [-0.1, -0.05) is 25.4 Å². The van der Waals surface area contributed by atoms with Crippen LogP contribution >= 0.6 is 11.6 Å². The molecule has 1 rings (SSSR count). The molecule has 0 aliphatic heterocycles. The molecule has 1 aromatic rings. The summed E-state index contributed by atoms with van der Waals surface area (Å²) in [6, 6.07) is 2.01. The molecule has 1 heterocycles. The van der Waals surface area contributed by atoms with Crippen molar-refractivity contribution < 1.29 is 4.74 Å². The molecule has 16 heavy (non-hydrogen) atoms. The average Bonchev–Trinajstić information content (AvgIpc) is 2.24. The van der Waals surface area contributed by atoms with Crippen molar-refractivity contribution in [3.8, 4) is 0 Å². The minimum absolute atomic E-state index is 0.250. The number of anilines is 1. The minimum Gasteiger partial charge on any atom is -0.380 e. The monoisotopic (exact) mass is 243 g/mol. The maximum Gasteiger partial charge on any atom is 0.153 e. The number of nitrogens with one attached hydrogen (secondary N) is 1. The first-order chi connectivity index (χ1) is 7.63. The van der Waals surface area contributed by atoms with Crippen LogP contribution in [0.5, 0.6) is 0 Å². The van der Waals surface area contributed by atoms with Crippen LogP contribution in [0.2, 0.25) is 5.15 Å². The molecule has 0 saturated carbocycles. The van der Waals surface area contributed by atoms with Crippen LogP contribution in [-0.2, 0) is 4.74 Å². The van der Waals surface area contributed by atoms with Gasteiger partial charge in [0.1, 0.15) is 0 Å². The second-order valence-corrected chi connectivity index (χ2v) is 4.31. The lowest BCUT2D eigenvalue weighted by atomic mass is 10.1. The van der Waals surface area contributed by atoms with Gasteiger partial charge in [-0.05, 0) is 12.8 Å². The van der Waals surface area contributed by atoms with Crippen molar-refractivity contribution in [3.63, 3.8) is 0 Å². The number of rotatable bonds is 6. The third kappa shape index (κ3) is 4.33. The van der Waals surface area contributed by atoms with Crippen molar-refractivity contribution in [1.29, 1.82) is 0 Å². The van der Waals surface area contributed by atoms with E-state index in [1.165, 1.54) is 0 Å². The van der Waals surface area contributed by atoms with Crippen molar-refractivity contribution >= 4 is 17.3 Å². The van der Waals surface area contributed by atoms with Crippen molar-refractivity contribution in [2.45, 2.75) is 26.8 Å². The van der Waals surface area contributed by atoms with Gasteiger partial charge < -0.3 is 10.1 Å². The summed E-state index contributed by atoms with van der Waals surface area (Å²) >= 11 is 5.77. The minimum atomic E-state index is 0.250. The Morgan fingerprint density at radius 2 is 2.25 bits per heavy atom. The summed E-state index contributed by atoms with van der Waals surface area (Å²) in [7, 11) is 0. The summed E-state index contributed by atoms with van der Waals surface area (Å²) in [6.45, 7) is 7.68. The number of hydrogen-bond donors (Lipinski definition) is 1. The predicted octanol–water partition coefficient (Wildman–Crippen LogP) is 2.60. The van der Waals surface area contributed by atoms with Crippen LogP contribution < -0.4 is 5.32 Å². The van der Waals surface area contributed by atoms with E-state index in [0.717, 1.165) is 12.3 Å². The second-order valence-electron chi connectivity index (χ2n) is 3.92. The van der Waals surface area contributed by atoms with Crippen molar-refractivity contribution in [2.75, 3.05) is 18.5 Å². The number of halogens is 1. The van der Waals surface area contributed by atoms with Gasteiger partial charge in [0.15, 0.2) is 5.15 Å². The van der Waals surface area contributed by atoms with E-state index >= 15 is 0 Å². The molecule has 0 fully saturated rings. The highest BCUT2D eigenvalue weighted by atomic mass is 35.5. The summed E-state index contributed by atoms with van der Waals surface area (Å²) in [5.74, 6) is 0.471. The zero-order valence-corrected chi connectivity index (χ0v) is 10.7. The number of aromatic nitrogens is 2. The van der Waals surface area contributed by atoms with E-state index < -0.39 is 0 Å². The maximum atomic E-state index is 5.77. The first-order valence-corrected chi connectivity index (χ1v) is 5.83. The van der Waals surface area contributed by atoms with E-state index in [9.17, 15) is 0 Å². The first kappa shape index (κ1) is 13.2. The molecule has 0 spiro atoms. The third-order valence-corrected chi connectivity index (χ3v) is 2.47. The van der Waals surface area contributed by atoms with Crippen molar-refractivity contribution in [1.82, 2.24) is 10.2 Å². The van der Waals surface area contributed by atoms with Crippen LogP contribution in [0.1, 0.15) is 20.8 Å². The smallest absolute Gasteiger partial charge is 0.153 e. The van der Waals surface area contributed by atoms with Gasteiger partial charge in [0.25, 0.3) is 0 Å². The highest BCUT2D eigenvalue weighted by Crippen LogP contribution is 2.14. The van der Waals surface area contributed by atoms with E-state index in [2.05, 4.69) is 29.4 Å². The zero-order valence-electron chi connectivity index (χ0n) is 9.90. The SMILES string of the molecule is CCOCC(Nc1cnnc(Cl)c1)C(C)C. The molecule has 0 bridgehead atoms. The predicted molar refractivity (Wildman–Crippen MR) is 65.8 cm³/mol. The highest BCUT2D eigenvalue weighted by molar-refractivity contribution is 6.29. The highest BCUT2D eigenvalue weighted by Gasteiger charge is 2.13. The van der Waals surface area contributed by atoms with E-state index in [4.69, 9.17) is 16.3 Å². The average molecular weight is 244 g/mol. The number of nitrogens with zero attached hydrogens (tertiary/aromatic N) is 2. The van der Waals surface area contributed by atoms with Crippen LogP contribution in [0.25, 0.3) is 0 Å². The lowest BCUT2D eigenvalue weighted by Crippen LogP contribution is -2.31. The molecule has 4 nitrogen and oxygen atoms in total. The Morgan fingerprint density at radius 3 is 2.81 bits per heavy atom. The largest absolute Gasteiger partial charge is 0.380 e. The third-order valence-electron chi connectivity index (χ3n) is 2.28. The lowest BCUT2D eigenvalue weighted by Gasteiger charge is -2.22. The van der Waals surface area contributed by atoms with E-state index in [0.29, 0.717) is 17.7 Å². The fourth-order valence-corrected chi connectivity index (χ4v) is 1.44. The molecule has 0 radical (unpaired) electrons. The van der Waals surface area contributed by atoms with Crippen LogP contribution in [0.3, 0.4) is 0 Å². The molecule has 1 N–H and O–H groups in total. The van der Waals surface area contributed by atoms with Gasteiger partial charge in [-0.3, -0.25) is 0 Å². The van der Waals surface area contributed by atoms with Crippen LogP contribution in [-0.4, -0.2) is 29.5 Å². The molecule has 1 unspecified atom stereocenters. The topological polar surface area (TPSA) is 47.0 Å². The van der Waals surface area contributed by atoms with Crippen LogP contribution in [0, 0.1) is 5.92 Å². The molecule has 0 saturated heterocycles. The van der Waals surface area contributed by atoms with Gasteiger partial charge in [-0.15, -0.1) is 5.10 Å². The van der Waals surface area contributed by atoms with Gasteiger partial charge in [-0.25, -0.2) is 0 Å². The van der Waals surface area contributed by atoms with Gasteiger partial charge >= 0.3 is 0 Å². The lowest BCUT2D eigenvalue weighted by molar-refractivity contribution is 0.127. The van der Waals surface area contributed by atoms with Gasteiger partial charge in [0.2, 0.25) is 0 Å². The maximum absolute atomic E-state index is 5.77. The summed E-state index contributed by atoms with van der Waals surface area (Å²) in [5, 5.41) is 11.2. The Morgan fingerprint density at radius 1 is 1.50 bits per heavy atom. The molecule has 1 atom stereocenters. The molecular formula is C11H18ClN3O. The standard InChI is InChI=1S/C11H18ClN3O/c1-4-16-7-10(8(2)3)14-9-5-11(12)15-13-6-9/h5-6,8,10H,4,7H2,1-3H3,(H,14,15). The molecule has 90 valence electrons. The van der Waals surface area contributed by atoms with Crippen LogP contribution in [0.4, 0.5) is 5.69 Å². The van der Waals surface area contributed by atoms with Gasteiger partial charge in [-0.2, -0.15) is 5.10 Å². The molecule has 0 aliphatic rings. The number of ether oxygens (including phenoxy) is 1. The fraction of sp³-hybridized carbons (Fsp3) is 0.636. The van der Waals surface area contributed by atoms with Gasteiger partial charge in [0, 0.05) is 12.7 Å². The summed E-state index contributed by atoms with van der Waals surface area (Å²) in [6.07, 6.45) is 1.66. The van der Waals surface area contributed by atoms with Crippen molar-refractivity contribution in [3.05, 3.63) is 17.4 Å². The summed E-state index contributed by atoms with van der Waals surface area (Å²) in [4.78, 5) is 0. The van der Waals surface area contributed by atoms with Crippen LogP contribution in [0.15, 0.2) is 12.3 Å². The van der Waals surface area contributed by atoms with Gasteiger partial charge in [0.05, 0.1) is 24.5 Å². The molecular weight excluding hydrogens is 226 g/mol. The summed E-state index contributed by atoms with van der Waals surface area (Å²) in [5.41, 5.74) is 0.874. The molecule has 5 heteroatoms. The Balaban J connectivity index is 2.60. The van der Waals surface area contributed by atoms with E-state index in [-0.39, 0.29) is 6.04 Å². The Kier molecular flexibility index (Phi) is 5.49. The Bertz CT molecular complexity index is 320. The Hall–Kier alpha value is -0.870. The quantitative estimate of drug-likeness (QED) is 0.834. The molecule has 1 aromatic heterocycles. The Labute approximate surface area is 101 Å².